The van der Waals surface area contributed by atoms with Crippen molar-refractivity contribution >= 4 is 0 Å². The lowest BCUT2D eigenvalue weighted by atomic mass is 10.1. The molecule has 0 unspecified atom stereocenters. The van der Waals surface area contributed by atoms with Crippen molar-refractivity contribution in [1.29, 1.82) is 0 Å². The fourth-order valence-corrected chi connectivity index (χ4v) is 2.60. The standard InChI is InChI=1S/C18H21N5O/c1-14(19-13-17(24-2)15-9-5-3-6-10-15)18-20-21-22-23(18)16-11-7-4-8-12-16/h3-12,14,17,19H,13H2,1-2H3/t14-,17-/m1/s1. The molecule has 0 saturated heterocycles. The average molecular weight is 323 g/mol. The van der Waals surface area contributed by atoms with Crippen LogP contribution < -0.4 is 5.32 Å². The number of ether oxygens (including phenoxy) is 1. The molecule has 1 N–H and O–H groups in total. The first-order chi connectivity index (χ1) is 11.8. The summed E-state index contributed by atoms with van der Waals surface area (Å²) in [6, 6.07) is 20.0. The minimum atomic E-state index is -0.0188. The van der Waals surface area contributed by atoms with Crippen molar-refractivity contribution in [2.24, 2.45) is 0 Å². The third-order valence-corrected chi connectivity index (χ3v) is 3.95. The highest BCUT2D eigenvalue weighted by molar-refractivity contribution is 5.30. The van der Waals surface area contributed by atoms with E-state index in [9.17, 15) is 0 Å². The van der Waals surface area contributed by atoms with Crippen molar-refractivity contribution in [2.45, 2.75) is 19.1 Å². The molecule has 1 aromatic heterocycles. The van der Waals surface area contributed by atoms with Gasteiger partial charge in [-0.05, 0) is 35.0 Å². The summed E-state index contributed by atoms with van der Waals surface area (Å²) in [5.74, 6) is 0.768. The van der Waals surface area contributed by atoms with Gasteiger partial charge in [0, 0.05) is 13.7 Å². The van der Waals surface area contributed by atoms with Gasteiger partial charge in [-0.15, -0.1) is 5.10 Å². The van der Waals surface area contributed by atoms with E-state index in [2.05, 4.69) is 33.0 Å². The summed E-state index contributed by atoms with van der Waals surface area (Å²) in [5, 5.41) is 15.5. The maximum atomic E-state index is 5.60. The van der Waals surface area contributed by atoms with E-state index in [-0.39, 0.29) is 12.1 Å². The van der Waals surface area contributed by atoms with Gasteiger partial charge in [0.05, 0.1) is 17.8 Å². The summed E-state index contributed by atoms with van der Waals surface area (Å²) in [5.41, 5.74) is 2.08. The van der Waals surface area contributed by atoms with E-state index >= 15 is 0 Å². The van der Waals surface area contributed by atoms with E-state index in [1.54, 1.807) is 11.8 Å². The number of aromatic nitrogens is 4. The SMILES string of the molecule is CO[C@H](CN[C@H](C)c1nnnn1-c1ccccc1)c1ccccc1. The van der Waals surface area contributed by atoms with Crippen LogP contribution in [0, 0.1) is 0 Å². The fourth-order valence-electron chi connectivity index (χ4n) is 2.60. The highest BCUT2D eigenvalue weighted by Gasteiger charge is 2.18. The van der Waals surface area contributed by atoms with Gasteiger partial charge in [-0.25, -0.2) is 0 Å². The number of hydrogen-bond acceptors (Lipinski definition) is 5. The smallest absolute Gasteiger partial charge is 0.173 e. The monoisotopic (exact) mass is 323 g/mol. The van der Waals surface area contributed by atoms with Crippen molar-refractivity contribution in [3.8, 4) is 5.69 Å². The van der Waals surface area contributed by atoms with Crippen LogP contribution in [-0.4, -0.2) is 33.9 Å². The molecule has 0 aliphatic rings. The second-order valence-electron chi connectivity index (χ2n) is 5.55. The zero-order valence-electron chi connectivity index (χ0n) is 13.8. The third-order valence-electron chi connectivity index (χ3n) is 3.95. The van der Waals surface area contributed by atoms with Crippen molar-refractivity contribution in [1.82, 2.24) is 25.5 Å². The Kier molecular flexibility index (Phi) is 5.30. The van der Waals surface area contributed by atoms with Gasteiger partial charge in [-0.3, -0.25) is 0 Å². The zero-order chi connectivity index (χ0) is 16.8. The van der Waals surface area contributed by atoms with Crippen molar-refractivity contribution in [3.05, 3.63) is 72.1 Å². The normalized spacial score (nSPS) is 13.6. The molecule has 0 aliphatic heterocycles. The summed E-state index contributed by atoms with van der Waals surface area (Å²) in [4.78, 5) is 0. The molecule has 0 saturated carbocycles. The molecule has 3 rings (SSSR count). The highest BCUT2D eigenvalue weighted by atomic mass is 16.5. The van der Waals surface area contributed by atoms with Crippen molar-refractivity contribution in [2.75, 3.05) is 13.7 Å². The summed E-state index contributed by atoms with van der Waals surface area (Å²) in [7, 11) is 1.72. The predicted molar refractivity (Wildman–Crippen MR) is 91.8 cm³/mol. The Morgan fingerprint density at radius 2 is 1.71 bits per heavy atom. The highest BCUT2D eigenvalue weighted by Crippen LogP contribution is 2.18. The number of benzene rings is 2. The molecule has 3 aromatic rings. The number of hydrogen-bond donors (Lipinski definition) is 1. The van der Waals surface area contributed by atoms with E-state index in [4.69, 9.17) is 4.74 Å². The lowest BCUT2D eigenvalue weighted by molar-refractivity contribution is 0.0995. The van der Waals surface area contributed by atoms with Crippen LogP contribution in [0.15, 0.2) is 60.7 Å². The van der Waals surface area contributed by atoms with Crippen LogP contribution in [-0.2, 0) is 4.74 Å². The van der Waals surface area contributed by atoms with Gasteiger partial charge in [-0.1, -0.05) is 48.5 Å². The van der Waals surface area contributed by atoms with Gasteiger partial charge in [-0.2, -0.15) is 4.68 Å². The second-order valence-corrected chi connectivity index (χ2v) is 5.55. The maximum absolute atomic E-state index is 5.60. The third kappa shape index (κ3) is 3.67. The van der Waals surface area contributed by atoms with Crippen LogP contribution >= 0.6 is 0 Å². The number of nitrogens with one attached hydrogen (secondary N) is 1. The van der Waals surface area contributed by atoms with E-state index < -0.39 is 0 Å². The molecular weight excluding hydrogens is 302 g/mol. The van der Waals surface area contributed by atoms with Crippen LogP contribution in [0.3, 0.4) is 0 Å². The summed E-state index contributed by atoms with van der Waals surface area (Å²) in [6.07, 6.45) is -0.0188. The molecule has 2 aromatic carbocycles. The molecule has 0 amide bonds. The Balaban J connectivity index is 1.70. The Bertz CT molecular complexity index is 744. The first-order valence-corrected chi connectivity index (χ1v) is 7.94. The maximum Gasteiger partial charge on any atom is 0.173 e. The Hall–Kier alpha value is -2.57. The molecule has 6 heteroatoms. The number of tetrazole rings is 1. The lowest BCUT2D eigenvalue weighted by Gasteiger charge is -2.19. The van der Waals surface area contributed by atoms with Gasteiger partial charge < -0.3 is 10.1 Å². The quantitative estimate of drug-likeness (QED) is 0.724. The average Bonchev–Trinajstić information content (AvgIpc) is 3.13. The Morgan fingerprint density at radius 1 is 1.04 bits per heavy atom. The van der Waals surface area contributed by atoms with Crippen LogP contribution in [0.5, 0.6) is 0 Å². The van der Waals surface area contributed by atoms with E-state index in [1.165, 1.54) is 0 Å². The van der Waals surface area contributed by atoms with Gasteiger partial charge in [0.1, 0.15) is 0 Å². The first-order valence-electron chi connectivity index (χ1n) is 7.94. The molecular formula is C18H21N5O. The molecule has 0 bridgehead atoms. The van der Waals surface area contributed by atoms with Crippen molar-refractivity contribution in [3.63, 3.8) is 0 Å². The van der Waals surface area contributed by atoms with Crippen molar-refractivity contribution < 1.29 is 4.74 Å². The molecule has 24 heavy (non-hydrogen) atoms. The molecule has 124 valence electrons. The zero-order valence-corrected chi connectivity index (χ0v) is 13.8. The largest absolute Gasteiger partial charge is 0.375 e. The first kappa shape index (κ1) is 16.3. The van der Waals surface area contributed by atoms with Gasteiger partial charge in [0.25, 0.3) is 0 Å². The second kappa shape index (κ2) is 7.81. The molecule has 1 heterocycles. The lowest BCUT2D eigenvalue weighted by Crippen LogP contribution is -2.27. The predicted octanol–water partition coefficient (Wildman–Crippen LogP) is 2.70. The topological polar surface area (TPSA) is 64.9 Å². The van der Waals surface area contributed by atoms with Gasteiger partial charge in [0.15, 0.2) is 5.82 Å². The van der Waals surface area contributed by atoms with Crippen LogP contribution in [0.2, 0.25) is 0 Å². The summed E-state index contributed by atoms with van der Waals surface area (Å²) < 4.78 is 7.35. The molecule has 0 spiro atoms. The van der Waals surface area contributed by atoms with Crippen LogP contribution in [0.25, 0.3) is 5.69 Å². The number of nitrogens with zero attached hydrogens (tertiary/aromatic N) is 4. The Labute approximate surface area is 141 Å². The van der Waals surface area contributed by atoms with Crippen LogP contribution in [0.4, 0.5) is 0 Å². The van der Waals surface area contributed by atoms with E-state index in [1.807, 2.05) is 55.5 Å². The minimum absolute atomic E-state index is 0.0124. The summed E-state index contributed by atoms with van der Waals surface area (Å²) >= 11 is 0. The number of para-hydroxylation sites is 1. The van der Waals surface area contributed by atoms with E-state index in [0.717, 1.165) is 17.1 Å². The van der Waals surface area contributed by atoms with Gasteiger partial charge in [0.2, 0.25) is 0 Å². The van der Waals surface area contributed by atoms with E-state index in [0.29, 0.717) is 6.54 Å². The van der Waals surface area contributed by atoms with Crippen LogP contribution in [0.1, 0.15) is 30.5 Å². The number of methoxy groups -OCH3 is 1. The molecule has 0 radical (unpaired) electrons. The van der Waals surface area contributed by atoms with Gasteiger partial charge >= 0.3 is 0 Å². The molecule has 0 fully saturated rings. The summed E-state index contributed by atoms with van der Waals surface area (Å²) in [6.45, 7) is 2.71. The Morgan fingerprint density at radius 3 is 2.38 bits per heavy atom. The molecule has 2 atom stereocenters. The molecule has 0 aliphatic carbocycles. The molecule has 6 nitrogen and oxygen atoms in total. The number of rotatable bonds is 7. The fraction of sp³-hybridized carbons (Fsp3) is 0.278. The minimum Gasteiger partial charge on any atom is -0.375 e.